The number of hydrogen-bond acceptors (Lipinski definition) is 3. The number of hydrogen-bond donors (Lipinski definition) is 0. The van der Waals surface area contributed by atoms with Crippen molar-refractivity contribution in [2.24, 2.45) is 33.9 Å². The van der Waals surface area contributed by atoms with Crippen LogP contribution in [-0.2, 0) is 4.79 Å². The highest BCUT2D eigenvalue weighted by Crippen LogP contribution is 2.54. The first-order valence-corrected chi connectivity index (χ1v) is 4.72. The van der Waals surface area contributed by atoms with Crippen LogP contribution < -0.4 is 0 Å². The molecule has 2 aliphatic carbocycles. The zero-order valence-corrected chi connectivity index (χ0v) is 6.89. The lowest BCUT2D eigenvalue weighted by molar-refractivity contribution is -0.112. The Bertz CT molecular complexity index is 251. The molecule has 2 bridgehead atoms. The largest absolute Gasteiger partial charge is 0.303 e. The molecule has 0 saturated heterocycles. The highest BCUT2D eigenvalue weighted by Gasteiger charge is 2.54. The molecule has 0 radical (unpaired) electrons. The Hall–Kier alpha value is -0.730. The molecule has 3 rings (SSSR count). The maximum absolute atomic E-state index is 10.7. The molecule has 0 amide bonds. The highest BCUT2D eigenvalue weighted by molar-refractivity contribution is 5.55. The number of fused-ring (bicyclic) bond motifs is 5. The van der Waals surface area contributed by atoms with E-state index in [1.54, 1.807) is 0 Å². The topological polar surface area (TPSA) is 41.8 Å². The van der Waals surface area contributed by atoms with Gasteiger partial charge in [-0.05, 0) is 24.7 Å². The maximum Gasteiger partial charge on any atom is 0.123 e. The van der Waals surface area contributed by atoms with Gasteiger partial charge in [-0.25, -0.2) is 0 Å². The Morgan fingerprint density at radius 1 is 1.25 bits per heavy atom. The zero-order chi connectivity index (χ0) is 8.13. The molecule has 0 N–H and O–H groups in total. The van der Waals surface area contributed by atoms with Crippen LogP contribution in [0, 0.1) is 23.7 Å². The zero-order valence-electron chi connectivity index (χ0n) is 6.89. The molecule has 3 nitrogen and oxygen atoms in total. The second-order valence-corrected chi connectivity index (χ2v) is 4.29. The van der Waals surface area contributed by atoms with Crippen molar-refractivity contribution in [2.75, 3.05) is 6.54 Å². The van der Waals surface area contributed by atoms with Crippen molar-refractivity contribution < 1.29 is 4.79 Å². The summed E-state index contributed by atoms with van der Waals surface area (Å²) in [6.07, 6.45) is 3.46. The van der Waals surface area contributed by atoms with E-state index in [-0.39, 0.29) is 0 Å². The molecule has 12 heavy (non-hydrogen) atoms. The first kappa shape index (κ1) is 6.75. The van der Waals surface area contributed by atoms with E-state index in [4.69, 9.17) is 0 Å². The van der Waals surface area contributed by atoms with Crippen LogP contribution in [-0.4, -0.2) is 18.9 Å². The standard InChI is InChI=1S/C9H12N2O/c12-4-6-1-5-2-7(6)8-3-10-11-9(5)8/h4-9H,1-3H2. The van der Waals surface area contributed by atoms with Gasteiger partial charge in [0.15, 0.2) is 0 Å². The van der Waals surface area contributed by atoms with Gasteiger partial charge in [-0.15, -0.1) is 0 Å². The molecule has 3 heteroatoms. The molecule has 2 fully saturated rings. The quantitative estimate of drug-likeness (QED) is 0.538. The number of aldehydes is 1. The molecule has 5 unspecified atom stereocenters. The minimum absolute atomic E-state index is 0.333. The van der Waals surface area contributed by atoms with Crippen molar-refractivity contribution in [2.45, 2.75) is 18.9 Å². The molecule has 0 aromatic heterocycles. The second kappa shape index (κ2) is 2.15. The Morgan fingerprint density at radius 2 is 2.17 bits per heavy atom. The second-order valence-electron chi connectivity index (χ2n) is 4.29. The smallest absolute Gasteiger partial charge is 0.123 e. The summed E-state index contributed by atoms with van der Waals surface area (Å²) in [6, 6.07) is 0.492. The van der Waals surface area contributed by atoms with Gasteiger partial charge in [0.25, 0.3) is 0 Å². The molecular weight excluding hydrogens is 152 g/mol. The van der Waals surface area contributed by atoms with Gasteiger partial charge in [-0.1, -0.05) is 0 Å². The SMILES string of the molecule is O=CC1CC2CC1C1CN=NC21. The number of nitrogens with zero attached hydrogens (tertiary/aromatic N) is 2. The Kier molecular flexibility index (Phi) is 1.21. The van der Waals surface area contributed by atoms with Crippen LogP contribution in [0.3, 0.4) is 0 Å². The number of carbonyl (C=O) groups excluding carboxylic acids is 1. The fourth-order valence-corrected chi connectivity index (χ4v) is 3.33. The van der Waals surface area contributed by atoms with Crippen LogP contribution in [0.4, 0.5) is 0 Å². The van der Waals surface area contributed by atoms with Crippen LogP contribution in [0.25, 0.3) is 0 Å². The fraction of sp³-hybridized carbons (Fsp3) is 0.889. The minimum Gasteiger partial charge on any atom is -0.303 e. The van der Waals surface area contributed by atoms with E-state index in [1.807, 2.05) is 0 Å². The van der Waals surface area contributed by atoms with Crippen molar-refractivity contribution in [3.05, 3.63) is 0 Å². The van der Waals surface area contributed by atoms with Crippen LogP contribution in [0.1, 0.15) is 12.8 Å². The van der Waals surface area contributed by atoms with Crippen molar-refractivity contribution in [3.8, 4) is 0 Å². The average Bonchev–Trinajstić information content (AvgIpc) is 2.75. The van der Waals surface area contributed by atoms with Gasteiger partial charge in [-0.3, -0.25) is 0 Å². The van der Waals surface area contributed by atoms with Gasteiger partial charge < -0.3 is 4.79 Å². The van der Waals surface area contributed by atoms with E-state index in [1.165, 1.54) is 6.42 Å². The fourth-order valence-electron chi connectivity index (χ4n) is 3.33. The van der Waals surface area contributed by atoms with Crippen LogP contribution >= 0.6 is 0 Å². The van der Waals surface area contributed by atoms with Crippen LogP contribution in [0.5, 0.6) is 0 Å². The molecule has 64 valence electrons. The molecule has 0 aromatic rings. The predicted molar refractivity (Wildman–Crippen MR) is 42.8 cm³/mol. The first-order chi connectivity index (χ1) is 5.90. The van der Waals surface area contributed by atoms with Crippen molar-refractivity contribution in [1.29, 1.82) is 0 Å². The summed E-state index contributed by atoms with van der Waals surface area (Å²) in [4.78, 5) is 10.7. The lowest BCUT2D eigenvalue weighted by Gasteiger charge is -2.25. The molecule has 3 aliphatic rings. The highest BCUT2D eigenvalue weighted by atomic mass is 16.1. The first-order valence-electron chi connectivity index (χ1n) is 4.72. The predicted octanol–water partition coefficient (Wildman–Crippen LogP) is 1.29. The summed E-state index contributed by atoms with van der Waals surface area (Å²) in [7, 11) is 0. The summed E-state index contributed by atoms with van der Waals surface area (Å²) >= 11 is 0. The Morgan fingerprint density at radius 3 is 3.00 bits per heavy atom. The van der Waals surface area contributed by atoms with Gasteiger partial charge >= 0.3 is 0 Å². The van der Waals surface area contributed by atoms with Gasteiger partial charge in [0.05, 0.1) is 12.6 Å². The molecule has 0 spiro atoms. The van der Waals surface area contributed by atoms with E-state index in [0.29, 0.717) is 29.7 Å². The molecule has 2 saturated carbocycles. The van der Waals surface area contributed by atoms with E-state index >= 15 is 0 Å². The monoisotopic (exact) mass is 164 g/mol. The van der Waals surface area contributed by atoms with Gasteiger partial charge in [-0.2, -0.15) is 10.2 Å². The lowest BCUT2D eigenvalue weighted by Crippen LogP contribution is -2.30. The number of azo groups is 1. The molecule has 1 aliphatic heterocycles. The number of rotatable bonds is 1. The van der Waals surface area contributed by atoms with Gasteiger partial charge in [0.1, 0.15) is 6.29 Å². The van der Waals surface area contributed by atoms with E-state index in [0.717, 1.165) is 19.3 Å². The van der Waals surface area contributed by atoms with E-state index < -0.39 is 0 Å². The maximum atomic E-state index is 10.7. The van der Waals surface area contributed by atoms with E-state index in [9.17, 15) is 4.79 Å². The third-order valence-electron chi connectivity index (χ3n) is 3.85. The molecule has 1 heterocycles. The lowest BCUT2D eigenvalue weighted by atomic mass is 9.79. The Balaban J connectivity index is 1.90. The Labute approximate surface area is 71.2 Å². The van der Waals surface area contributed by atoms with Gasteiger partial charge in [0, 0.05) is 11.8 Å². The molecule has 5 atom stereocenters. The van der Waals surface area contributed by atoms with E-state index in [2.05, 4.69) is 10.2 Å². The number of carbonyl (C=O) groups is 1. The third-order valence-corrected chi connectivity index (χ3v) is 3.85. The molecule has 0 aromatic carbocycles. The summed E-state index contributed by atoms with van der Waals surface area (Å²) < 4.78 is 0. The summed E-state index contributed by atoms with van der Waals surface area (Å²) in [5.41, 5.74) is 0. The van der Waals surface area contributed by atoms with Crippen molar-refractivity contribution in [3.63, 3.8) is 0 Å². The van der Waals surface area contributed by atoms with Gasteiger partial charge in [0.2, 0.25) is 0 Å². The van der Waals surface area contributed by atoms with Crippen LogP contribution in [0.15, 0.2) is 10.2 Å². The average molecular weight is 164 g/mol. The van der Waals surface area contributed by atoms with Crippen molar-refractivity contribution in [1.82, 2.24) is 0 Å². The summed E-state index contributed by atoms with van der Waals surface area (Å²) in [5.74, 6) is 2.26. The minimum atomic E-state index is 0.333. The summed E-state index contributed by atoms with van der Waals surface area (Å²) in [6.45, 7) is 0.885. The van der Waals surface area contributed by atoms with Crippen LogP contribution in [0.2, 0.25) is 0 Å². The summed E-state index contributed by atoms with van der Waals surface area (Å²) in [5, 5.41) is 8.34. The molecular formula is C9H12N2O. The van der Waals surface area contributed by atoms with Crippen molar-refractivity contribution >= 4 is 6.29 Å². The third kappa shape index (κ3) is 0.648. The normalized spacial score (nSPS) is 54.5.